The lowest BCUT2D eigenvalue weighted by Crippen LogP contribution is -2.48. The van der Waals surface area contributed by atoms with Crippen molar-refractivity contribution in [1.82, 2.24) is 20.4 Å². The number of benzene rings is 2. The number of hydrogen-bond acceptors (Lipinski definition) is 6. The molecule has 2 heterocycles. The molecular formula is C24H23F3N6O2. The number of amides is 2. The lowest BCUT2D eigenvalue weighted by Gasteiger charge is -2.36. The Kier molecular flexibility index (Phi) is 6.85. The molecule has 35 heavy (non-hydrogen) atoms. The predicted molar refractivity (Wildman–Crippen MR) is 123 cm³/mol. The summed E-state index contributed by atoms with van der Waals surface area (Å²) >= 11 is 0. The van der Waals surface area contributed by atoms with Gasteiger partial charge >= 0.3 is 6.18 Å². The van der Waals surface area contributed by atoms with Crippen LogP contribution in [-0.2, 0) is 12.7 Å². The summed E-state index contributed by atoms with van der Waals surface area (Å²) in [6.07, 6.45) is -4.08. The molecule has 0 aliphatic carbocycles. The van der Waals surface area contributed by atoms with Gasteiger partial charge in [0.25, 0.3) is 11.8 Å². The fraction of sp³-hybridized carbons (Fsp3) is 0.250. The van der Waals surface area contributed by atoms with Gasteiger partial charge in [0, 0.05) is 25.3 Å². The number of hydrogen-bond donors (Lipinski definition) is 2. The van der Waals surface area contributed by atoms with Gasteiger partial charge in [-0.1, -0.05) is 24.3 Å². The van der Waals surface area contributed by atoms with Gasteiger partial charge in [0.15, 0.2) is 11.5 Å². The Balaban J connectivity index is 1.40. The number of aromatic nitrogens is 2. The summed E-state index contributed by atoms with van der Waals surface area (Å²) in [4.78, 5) is 28.4. The molecule has 1 aromatic heterocycles. The van der Waals surface area contributed by atoms with E-state index in [1.807, 2.05) is 0 Å². The highest BCUT2D eigenvalue weighted by atomic mass is 19.4. The number of nitrogens with zero attached hydrogens (tertiary/aromatic N) is 4. The maximum absolute atomic E-state index is 13.4. The molecule has 11 heteroatoms. The zero-order valence-corrected chi connectivity index (χ0v) is 18.6. The van der Waals surface area contributed by atoms with E-state index in [9.17, 15) is 22.8 Å². The molecule has 0 bridgehead atoms. The van der Waals surface area contributed by atoms with E-state index in [0.717, 1.165) is 11.6 Å². The number of nitrogen functional groups attached to an aromatic ring is 1. The van der Waals surface area contributed by atoms with Gasteiger partial charge in [0.2, 0.25) is 0 Å². The monoisotopic (exact) mass is 484 g/mol. The number of nitrogens with one attached hydrogen (secondary N) is 1. The Labute approximate surface area is 199 Å². The molecule has 2 aromatic carbocycles. The zero-order valence-electron chi connectivity index (χ0n) is 18.6. The molecule has 3 N–H and O–H groups in total. The average Bonchev–Trinajstić information content (AvgIpc) is 2.87. The maximum Gasteiger partial charge on any atom is 0.417 e. The third-order valence-corrected chi connectivity index (χ3v) is 5.59. The SMILES string of the molecule is Nc1ccc(CNC(=O)c2ccc(N3CCCN(C(=O)c4ccccc4C(F)(F)F)C3)nn2)cc1. The van der Waals surface area contributed by atoms with Crippen molar-refractivity contribution in [2.45, 2.75) is 19.1 Å². The highest BCUT2D eigenvalue weighted by Gasteiger charge is 2.36. The molecule has 1 aliphatic rings. The molecule has 0 atom stereocenters. The first-order valence-electron chi connectivity index (χ1n) is 10.9. The van der Waals surface area contributed by atoms with Gasteiger partial charge < -0.3 is 20.9 Å². The van der Waals surface area contributed by atoms with Crippen molar-refractivity contribution in [3.05, 3.63) is 83.0 Å². The molecule has 0 saturated carbocycles. The maximum atomic E-state index is 13.4. The van der Waals surface area contributed by atoms with Crippen LogP contribution in [0.25, 0.3) is 0 Å². The molecule has 2 amide bonds. The minimum atomic E-state index is -4.63. The first-order valence-corrected chi connectivity index (χ1v) is 10.9. The van der Waals surface area contributed by atoms with E-state index in [1.54, 1.807) is 35.2 Å². The number of rotatable bonds is 5. The normalized spacial score (nSPS) is 14.0. The second kappa shape index (κ2) is 10.00. The van der Waals surface area contributed by atoms with Crippen LogP contribution in [-0.4, -0.2) is 46.7 Å². The van der Waals surface area contributed by atoms with Crippen LogP contribution in [0.2, 0.25) is 0 Å². The van der Waals surface area contributed by atoms with Crippen LogP contribution in [0.1, 0.15) is 38.4 Å². The summed E-state index contributed by atoms with van der Waals surface area (Å²) < 4.78 is 40.1. The molecular weight excluding hydrogens is 461 g/mol. The van der Waals surface area contributed by atoms with E-state index >= 15 is 0 Å². The Hall–Kier alpha value is -4.15. The van der Waals surface area contributed by atoms with Crippen LogP contribution in [0, 0.1) is 0 Å². The van der Waals surface area contributed by atoms with Crippen molar-refractivity contribution < 1.29 is 22.8 Å². The Morgan fingerprint density at radius 3 is 2.40 bits per heavy atom. The fourth-order valence-electron chi connectivity index (χ4n) is 3.76. The van der Waals surface area contributed by atoms with Crippen molar-refractivity contribution in [3.63, 3.8) is 0 Å². The largest absolute Gasteiger partial charge is 0.417 e. The lowest BCUT2D eigenvalue weighted by molar-refractivity contribution is -0.138. The third kappa shape index (κ3) is 5.68. The molecule has 1 fully saturated rings. The van der Waals surface area contributed by atoms with E-state index in [-0.39, 0.29) is 17.9 Å². The van der Waals surface area contributed by atoms with E-state index < -0.39 is 23.6 Å². The first-order chi connectivity index (χ1) is 16.7. The first kappa shape index (κ1) is 24.0. The van der Waals surface area contributed by atoms with Crippen molar-refractivity contribution in [1.29, 1.82) is 0 Å². The van der Waals surface area contributed by atoms with Crippen LogP contribution in [0.4, 0.5) is 24.7 Å². The number of halogens is 3. The Morgan fingerprint density at radius 2 is 1.71 bits per heavy atom. The van der Waals surface area contributed by atoms with Crippen LogP contribution < -0.4 is 16.0 Å². The molecule has 182 valence electrons. The number of carbonyl (C=O) groups is 2. The van der Waals surface area contributed by atoms with Crippen molar-refractivity contribution in [2.24, 2.45) is 0 Å². The number of alkyl halides is 3. The second-order valence-corrected chi connectivity index (χ2v) is 8.07. The zero-order chi connectivity index (χ0) is 25.0. The second-order valence-electron chi connectivity index (χ2n) is 8.07. The summed E-state index contributed by atoms with van der Waals surface area (Å²) in [5, 5.41) is 10.8. The van der Waals surface area contributed by atoms with Crippen LogP contribution in [0.5, 0.6) is 0 Å². The quantitative estimate of drug-likeness (QED) is 0.539. The smallest absolute Gasteiger partial charge is 0.399 e. The minimum Gasteiger partial charge on any atom is -0.399 e. The molecule has 1 aliphatic heterocycles. The van der Waals surface area contributed by atoms with E-state index in [0.29, 0.717) is 37.6 Å². The minimum absolute atomic E-state index is 0.0579. The van der Waals surface area contributed by atoms with Gasteiger partial charge in [0.1, 0.15) is 0 Å². The van der Waals surface area contributed by atoms with Crippen LogP contribution >= 0.6 is 0 Å². The Bertz CT molecular complexity index is 1200. The molecule has 4 rings (SSSR count). The summed E-state index contributed by atoms with van der Waals surface area (Å²) in [7, 11) is 0. The standard InChI is InChI=1S/C24H23F3N6O2/c25-24(26,27)19-5-2-1-4-18(19)23(35)33-13-3-12-32(15-33)21-11-10-20(30-31-21)22(34)29-14-16-6-8-17(28)9-7-16/h1-2,4-11H,3,12-15,28H2,(H,29,34). The number of anilines is 2. The molecule has 0 spiro atoms. The van der Waals surface area contributed by atoms with Gasteiger partial charge in [-0.3, -0.25) is 9.59 Å². The van der Waals surface area contributed by atoms with Gasteiger partial charge in [0.05, 0.1) is 17.8 Å². The van der Waals surface area contributed by atoms with E-state index in [2.05, 4.69) is 15.5 Å². The predicted octanol–water partition coefficient (Wildman–Crippen LogP) is 3.32. The summed E-state index contributed by atoms with van der Waals surface area (Å²) in [5.41, 5.74) is 5.93. The highest BCUT2D eigenvalue weighted by molar-refractivity contribution is 5.96. The summed E-state index contributed by atoms with van der Waals surface area (Å²) in [5.74, 6) is -0.684. The number of carbonyl (C=O) groups excluding carboxylic acids is 2. The molecule has 1 saturated heterocycles. The van der Waals surface area contributed by atoms with Gasteiger partial charge in [-0.05, 0) is 48.4 Å². The number of nitrogens with two attached hydrogens (primary N) is 1. The van der Waals surface area contributed by atoms with Gasteiger partial charge in [-0.25, -0.2) is 0 Å². The Morgan fingerprint density at radius 1 is 0.971 bits per heavy atom. The summed E-state index contributed by atoms with van der Waals surface area (Å²) in [6, 6.07) is 15.0. The molecule has 8 nitrogen and oxygen atoms in total. The third-order valence-electron chi connectivity index (χ3n) is 5.59. The lowest BCUT2D eigenvalue weighted by atomic mass is 10.1. The topological polar surface area (TPSA) is 104 Å². The van der Waals surface area contributed by atoms with E-state index in [1.165, 1.54) is 29.2 Å². The van der Waals surface area contributed by atoms with Crippen molar-refractivity contribution in [3.8, 4) is 0 Å². The highest BCUT2D eigenvalue weighted by Crippen LogP contribution is 2.32. The molecule has 0 radical (unpaired) electrons. The van der Waals surface area contributed by atoms with Crippen molar-refractivity contribution in [2.75, 3.05) is 30.4 Å². The summed E-state index contributed by atoms with van der Waals surface area (Å²) in [6.45, 7) is 1.22. The van der Waals surface area contributed by atoms with Crippen molar-refractivity contribution >= 4 is 23.3 Å². The molecule has 0 unspecified atom stereocenters. The average molecular weight is 484 g/mol. The van der Waals surface area contributed by atoms with Crippen LogP contribution in [0.3, 0.4) is 0 Å². The van der Waals surface area contributed by atoms with E-state index in [4.69, 9.17) is 5.73 Å². The van der Waals surface area contributed by atoms with Crippen LogP contribution in [0.15, 0.2) is 60.7 Å². The van der Waals surface area contributed by atoms with Gasteiger partial charge in [-0.2, -0.15) is 13.2 Å². The molecule has 3 aromatic rings. The fourth-order valence-corrected chi connectivity index (χ4v) is 3.76. The van der Waals surface area contributed by atoms with Gasteiger partial charge in [-0.15, -0.1) is 10.2 Å².